The second-order valence-corrected chi connectivity index (χ2v) is 6.55. The largest absolute Gasteiger partial charge is 0.481 e. The number of aliphatic carboxylic acids is 1. The lowest BCUT2D eigenvalue weighted by molar-refractivity contribution is -0.141. The van der Waals surface area contributed by atoms with Crippen LogP contribution in [0.5, 0.6) is 0 Å². The summed E-state index contributed by atoms with van der Waals surface area (Å²) >= 11 is 0. The van der Waals surface area contributed by atoms with Gasteiger partial charge in [-0.3, -0.25) is 14.6 Å². The van der Waals surface area contributed by atoms with Crippen LogP contribution in [0.3, 0.4) is 0 Å². The van der Waals surface area contributed by atoms with Gasteiger partial charge in [-0.2, -0.15) is 5.10 Å². The third kappa shape index (κ3) is 3.59. The Morgan fingerprint density at radius 3 is 2.46 bits per heavy atom. The first-order valence-electron chi connectivity index (χ1n) is 9.00. The van der Waals surface area contributed by atoms with Gasteiger partial charge in [0.05, 0.1) is 35.1 Å². The van der Waals surface area contributed by atoms with Gasteiger partial charge in [-0.25, -0.2) is 9.99 Å². The lowest BCUT2D eigenvalue weighted by Gasteiger charge is -2.21. The topological polar surface area (TPSA) is 95.8 Å². The van der Waals surface area contributed by atoms with Crippen LogP contribution in [0.25, 0.3) is 11.0 Å². The van der Waals surface area contributed by atoms with Gasteiger partial charge in [-0.15, -0.1) is 0 Å². The van der Waals surface area contributed by atoms with E-state index >= 15 is 0 Å². The van der Waals surface area contributed by atoms with E-state index in [1.54, 1.807) is 6.20 Å². The number of carboxylic acid groups (broad SMARTS) is 1. The summed E-state index contributed by atoms with van der Waals surface area (Å²) in [4.78, 5) is 32.7. The van der Waals surface area contributed by atoms with Crippen molar-refractivity contribution in [1.82, 2.24) is 15.0 Å². The van der Waals surface area contributed by atoms with Crippen LogP contribution in [0.15, 0.2) is 65.9 Å². The molecule has 2 heterocycles. The lowest BCUT2D eigenvalue weighted by Crippen LogP contribution is -2.28. The molecule has 0 bridgehead atoms. The van der Waals surface area contributed by atoms with Gasteiger partial charge < -0.3 is 5.11 Å². The molecule has 7 heteroatoms. The zero-order valence-electron chi connectivity index (χ0n) is 15.0. The number of fused-ring (bicyclic) bond motifs is 1. The summed E-state index contributed by atoms with van der Waals surface area (Å²) in [6, 6.07) is 16.7. The Labute approximate surface area is 161 Å². The van der Waals surface area contributed by atoms with Crippen molar-refractivity contribution in [2.45, 2.75) is 25.3 Å². The van der Waals surface area contributed by atoms with Crippen molar-refractivity contribution in [1.29, 1.82) is 0 Å². The Bertz CT molecular complexity index is 1070. The number of carbonyl (C=O) groups is 2. The zero-order valence-corrected chi connectivity index (χ0v) is 15.0. The van der Waals surface area contributed by atoms with Gasteiger partial charge in [0.25, 0.3) is 0 Å². The van der Waals surface area contributed by atoms with Crippen LogP contribution in [0.4, 0.5) is 0 Å². The minimum atomic E-state index is -1.01. The van der Waals surface area contributed by atoms with Crippen molar-refractivity contribution in [3.8, 4) is 0 Å². The van der Waals surface area contributed by atoms with Crippen molar-refractivity contribution in [2.24, 2.45) is 5.10 Å². The summed E-state index contributed by atoms with van der Waals surface area (Å²) < 4.78 is 0. The number of amides is 1. The molecule has 0 radical (unpaired) electrons. The summed E-state index contributed by atoms with van der Waals surface area (Å²) in [6.07, 6.45) is 1.81. The third-order valence-corrected chi connectivity index (χ3v) is 4.63. The zero-order chi connectivity index (χ0) is 19.5. The highest BCUT2D eigenvalue weighted by Crippen LogP contribution is 2.32. The van der Waals surface area contributed by atoms with Crippen molar-refractivity contribution >= 4 is 28.6 Å². The second-order valence-electron chi connectivity index (χ2n) is 6.55. The molecular weight excluding hydrogens is 356 g/mol. The average molecular weight is 374 g/mol. The lowest BCUT2D eigenvalue weighted by atomic mass is 10.0. The van der Waals surface area contributed by atoms with Crippen LogP contribution >= 0.6 is 0 Å². The van der Waals surface area contributed by atoms with E-state index < -0.39 is 12.0 Å². The molecule has 1 atom stereocenters. The van der Waals surface area contributed by atoms with Gasteiger partial charge >= 0.3 is 5.97 Å². The number of hydrogen-bond acceptors (Lipinski definition) is 5. The van der Waals surface area contributed by atoms with Gasteiger partial charge in [0.15, 0.2) is 0 Å². The maximum absolute atomic E-state index is 12.7. The summed E-state index contributed by atoms with van der Waals surface area (Å²) in [5, 5.41) is 14.8. The predicted molar refractivity (Wildman–Crippen MR) is 104 cm³/mol. The minimum absolute atomic E-state index is 0.113. The number of hydrogen-bond donors (Lipinski definition) is 1. The maximum atomic E-state index is 12.7. The number of nitrogens with zero attached hydrogens (tertiary/aromatic N) is 4. The fourth-order valence-electron chi connectivity index (χ4n) is 3.24. The number of carbonyl (C=O) groups excluding carboxylic acids is 1. The van der Waals surface area contributed by atoms with E-state index in [9.17, 15) is 9.59 Å². The molecule has 3 aromatic rings. The number of carboxylic acids is 1. The summed E-state index contributed by atoms with van der Waals surface area (Å²) in [7, 11) is 0. The number of aromatic nitrogens is 2. The standard InChI is InChI=1S/C21H18N4O3/c26-20(10-11-21(27)28)25-19(12-17(24-25)14-6-2-1-3-7-14)18-13-22-15-8-4-5-9-16(15)23-18/h1-9,13,19H,10-12H2,(H,27,28). The normalized spacial score (nSPS) is 16.2. The third-order valence-electron chi connectivity index (χ3n) is 4.63. The average Bonchev–Trinajstić information content (AvgIpc) is 3.18. The monoisotopic (exact) mass is 374 g/mol. The number of rotatable bonds is 5. The Kier molecular flexibility index (Phi) is 4.80. The predicted octanol–water partition coefficient (Wildman–Crippen LogP) is 3.17. The number of benzene rings is 2. The summed E-state index contributed by atoms with van der Waals surface area (Å²) in [6.45, 7) is 0. The first kappa shape index (κ1) is 17.8. The van der Waals surface area contributed by atoms with E-state index in [2.05, 4.69) is 15.1 Å². The number of para-hydroxylation sites is 2. The maximum Gasteiger partial charge on any atom is 0.303 e. The van der Waals surface area contributed by atoms with E-state index in [4.69, 9.17) is 5.11 Å². The Hall–Kier alpha value is -3.61. The van der Waals surface area contributed by atoms with E-state index in [1.807, 2.05) is 54.6 Å². The smallest absolute Gasteiger partial charge is 0.303 e. The van der Waals surface area contributed by atoms with Crippen LogP contribution in [0, 0.1) is 0 Å². The first-order valence-corrected chi connectivity index (χ1v) is 9.00. The van der Waals surface area contributed by atoms with Crippen LogP contribution in [0.2, 0.25) is 0 Å². The highest BCUT2D eigenvalue weighted by molar-refractivity contribution is 6.03. The molecular formula is C21H18N4O3. The fourth-order valence-corrected chi connectivity index (χ4v) is 3.24. The molecule has 1 aliphatic rings. The van der Waals surface area contributed by atoms with Crippen molar-refractivity contribution in [3.63, 3.8) is 0 Å². The molecule has 4 rings (SSSR count). The molecule has 1 unspecified atom stereocenters. The fraction of sp³-hybridized carbons (Fsp3) is 0.190. The van der Waals surface area contributed by atoms with Crippen molar-refractivity contribution < 1.29 is 14.7 Å². The van der Waals surface area contributed by atoms with Gasteiger partial charge in [0, 0.05) is 12.8 Å². The van der Waals surface area contributed by atoms with E-state index in [0.29, 0.717) is 12.1 Å². The SMILES string of the molecule is O=C(O)CCC(=O)N1N=C(c2ccccc2)CC1c1cnc2ccccc2n1. The highest BCUT2D eigenvalue weighted by Gasteiger charge is 2.34. The van der Waals surface area contributed by atoms with E-state index in [1.165, 1.54) is 5.01 Å². The molecule has 1 N–H and O–H groups in total. The molecule has 1 aliphatic heterocycles. The molecule has 0 saturated heterocycles. The molecule has 2 aromatic carbocycles. The van der Waals surface area contributed by atoms with Gasteiger partial charge in [-0.05, 0) is 17.7 Å². The van der Waals surface area contributed by atoms with Crippen LogP contribution in [-0.4, -0.2) is 37.7 Å². The molecule has 7 nitrogen and oxygen atoms in total. The molecule has 140 valence electrons. The van der Waals surface area contributed by atoms with Crippen LogP contribution < -0.4 is 0 Å². The van der Waals surface area contributed by atoms with Gasteiger partial charge in [0.1, 0.15) is 6.04 Å². The summed E-state index contributed by atoms with van der Waals surface area (Å²) in [5.41, 5.74) is 3.85. The van der Waals surface area contributed by atoms with Gasteiger partial charge in [0.2, 0.25) is 5.91 Å². The molecule has 1 aromatic heterocycles. The number of hydrazone groups is 1. The first-order chi connectivity index (χ1) is 13.6. The molecule has 0 fully saturated rings. The molecule has 0 aliphatic carbocycles. The second kappa shape index (κ2) is 7.56. The van der Waals surface area contributed by atoms with Crippen LogP contribution in [0.1, 0.15) is 36.6 Å². The molecule has 0 saturated carbocycles. The quantitative estimate of drug-likeness (QED) is 0.740. The van der Waals surface area contributed by atoms with Crippen molar-refractivity contribution in [2.75, 3.05) is 0 Å². The van der Waals surface area contributed by atoms with E-state index in [0.717, 1.165) is 22.3 Å². The summed E-state index contributed by atoms with van der Waals surface area (Å²) in [5.74, 6) is -1.35. The Morgan fingerprint density at radius 1 is 1.00 bits per heavy atom. The Morgan fingerprint density at radius 2 is 1.71 bits per heavy atom. The Balaban J connectivity index is 1.68. The molecule has 0 spiro atoms. The van der Waals surface area contributed by atoms with Crippen molar-refractivity contribution in [3.05, 3.63) is 72.1 Å². The minimum Gasteiger partial charge on any atom is -0.481 e. The van der Waals surface area contributed by atoms with E-state index in [-0.39, 0.29) is 18.7 Å². The van der Waals surface area contributed by atoms with Gasteiger partial charge in [-0.1, -0.05) is 42.5 Å². The highest BCUT2D eigenvalue weighted by atomic mass is 16.4. The molecule has 1 amide bonds. The van der Waals surface area contributed by atoms with Crippen LogP contribution in [-0.2, 0) is 9.59 Å². The molecule has 28 heavy (non-hydrogen) atoms.